The van der Waals surface area contributed by atoms with Crippen molar-refractivity contribution in [3.63, 3.8) is 0 Å². The van der Waals surface area contributed by atoms with E-state index in [0.717, 1.165) is 11.1 Å². The minimum absolute atomic E-state index is 0.176. The number of rotatable bonds is 5. The first-order valence-corrected chi connectivity index (χ1v) is 9.11. The van der Waals surface area contributed by atoms with Crippen LogP contribution in [-0.4, -0.2) is 42.8 Å². The molecule has 0 spiro atoms. The number of aliphatic carboxylic acids is 1. The number of carboxylic acids is 1. The van der Waals surface area contributed by atoms with Crippen molar-refractivity contribution in [2.75, 3.05) is 26.1 Å². The number of ether oxygens (including phenoxy) is 2. The van der Waals surface area contributed by atoms with Gasteiger partial charge in [0.25, 0.3) is 0 Å². The van der Waals surface area contributed by atoms with Crippen LogP contribution < -0.4 is 14.8 Å². The van der Waals surface area contributed by atoms with E-state index in [2.05, 4.69) is 5.32 Å². The van der Waals surface area contributed by atoms with Gasteiger partial charge in [-0.25, -0.2) is 4.79 Å². The Kier molecular flexibility index (Phi) is 5.94. The highest BCUT2D eigenvalue weighted by Gasteiger charge is 2.32. The van der Waals surface area contributed by atoms with E-state index in [9.17, 15) is 14.7 Å². The number of urea groups is 1. The number of hydrogen-bond acceptors (Lipinski definition) is 4. The zero-order chi connectivity index (χ0) is 20.3. The van der Waals surface area contributed by atoms with Gasteiger partial charge in [0, 0.05) is 12.6 Å². The fourth-order valence-corrected chi connectivity index (χ4v) is 3.67. The molecule has 1 aliphatic rings. The van der Waals surface area contributed by atoms with Gasteiger partial charge < -0.3 is 24.8 Å². The highest BCUT2D eigenvalue weighted by atomic mass is 35.5. The maximum absolute atomic E-state index is 13.0. The summed E-state index contributed by atoms with van der Waals surface area (Å²) in [5.74, 6) is -0.154. The van der Waals surface area contributed by atoms with Crippen LogP contribution in [0.25, 0.3) is 0 Å². The number of nitrogens with one attached hydrogen (secondary N) is 1. The maximum Gasteiger partial charge on any atom is 0.322 e. The molecule has 1 aliphatic heterocycles. The Hall–Kier alpha value is -2.93. The number of carbonyl (C=O) groups excluding carboxylic acids is 1. The van der Waals surface area contributed by atoms with E-state index < -0.39 is 18.0 Å². The lowest BCUT2D eigenvalue weighted by Gasteiger charge is -2.36. The summed E-state index contributed by atoms with van der Waals surface area (Å²) in [6, 6.07) is 9.75. The van der Waals surface area contributed by atoms with E-state index in [1.165, 1.54) is 19.1 Å². The molecule has 28 heavy (non-hydrogen) atoms. The van der Waals surface area contributed by atoms with Crippen LogP contribution in [0, 0.1) is 0 Å². The number of fused-ring (bicyclic) bond motifs is 1. The maximum atomic E-state index is 13.0. The van der Waals surface area contributed by atoms with E-state index in [1.54, 1.807) is 12.1 Å². The molecule has 148 valence electrons. The number of carbonyl (C=O) groups is 2. The summed E-state index contributed by atoms with van der Waals surface area (Å²) in [6.07, 6.45) is 0.477. The minimum Gasteiger partial charge on any atom is -0.495 e. The summed E-state index contributed by atoms with van der Waals surface area (Å²) in [6.45, 7) is 0.410. The molecule has 0 aliphatic carbocycles. The highest BCUT2D eigenvalue weighted by Crippen LogP contribution is 2.37. The average molecular weight is 405 g/mol. The second kappa shape index (κ2) is 8.39. The SMILES string of the molecule is COc1cc(OC)c(NC(=O)N2CCc3ccccc3C2CC(=O)O)cc1Cl. The predicted octanol–water partition coefficient (Wildman–Crippen LogP) is 3.96. The number of anilines is 1. The zero-order valence-corrected chi connectivity index (χ0v) is 16.3. The van der Waals surface area contributed by atoms with Gasteiger partial charge >= 0.3 is 12.0 Å². The fraction of sp³-hybridized carbons (Fsp3) is 0.300. The Labute approximate surface area is 167 Å². The van der Waals surface area contributed by atoms with Crippen LogP contribution >= 0.6 is 11.6 Å². The highest BCUT2D eigenvalue weighted by molar-refractivity contribution is 6.32. The number of halogens is 1. The number of amides is 2. The van der Waals surface area contributed by atoms with Gasteiger partial charge in [-0.2, -0.15) is 0 Å². The summed E-state index contributed by atoms with van der Waals surface area (Å²) < 4.78 is 10.5. The largest absolute Gasteiger partial charge is 0.495 e. The summed E-state index contributed by atoms with van der Waals surface area (Å²) in [5, 5.41) is 12.5. The summed E-state index contributed by atoms with van der Waals surface area (Å²) in [5.41, 5.74) is 2.29. The van der Waals surface area contributed by atoms with Crippen LogP contribution in [0.2, 0.25) is 5.02 Å². The molecule has 7 nitrogen and oxygen atoms in total. The lowest BCUT2D eigenvalue weighted by atomic mass is 9.91. The smallest absolute Gasteiger partial charge is 0.322 e. The van der Waals surface area contributed by atoms with Gasteiger partial charge in [-0.3, -0.25) is 4.79 Å². The van der Waals surface area contributed by atoms with E-state index in [4.69, 9.17) is 21.1 Å². The van der Waals surface area contributed by atoms with Crippen molar-refractivity contribution in [2.24, 2.45) is 0 Å². The van der Waals surface area contributed by atoms with Crippen molar-refractivity contribution < 1.29 is 24.2 Å². The summed E-state index contributed by atoms with van der Waals surface area (Å²) >= 11 is 6.17. The molecule has 2 aromatic carbocycles. The molecule has 0 saturated heterocycles. The molecule has 0 saturated carbocycles. The Balaban J connectivity index is 1.89. The first-order valence-electron chi connectivity index (χ1n) is 8.73. The van der Waals surface area contributed by atoms with Gasteiger partial charge in [-0.15, -0.1) is 0 Å². The van der Waals surface area contributed by atoms with Crippen molar-refractivity contribution >= 4 is 29.3 Å². The molecule has 3 rings (SSSR count). The second-order valence-electron chi connectivity index (χ2n) is 6.37. The number of hydrogen-bond donors (Lipinski definition) is 2. The number of methoxy groups -OCH3 is 2. The number of carboxylic acid groups (broad SMARTS) is 1. The molecular formula is C20H21ClN2O5. The van der Waals surface area contributed by atoms with Crippen LogP contribution in [0.5, 0.6) is 11.5 Å². The Morgan fingerprint density at radius 1 is 1.21 bits per heavy atom. The van der Waals surface area contributed by atoms with Crippen molar-refractivity contribution in [1.29, 1.82) is 0 Å². The Morgan fingerprint density at radius 2 is 1.93 bits per heavy atom. The first kappa shape index (κ1) is 19.8. The third kappa shape index (κ3) is 3.99. The van der Waals surface area contributed by atoms with Gasteiger partial charge in [0.2, 0.25) is 0 Å². The molecule has 0 fully saturated rings. The predicted molar refractivity (Wildman–Crippen MR) is 105 cm³/mol. The van der Waals surface area contributed by atoms with Crippen LogP contribution in [0.4, 0.5) is 10.5 Å². The molecule has 2 amide bonds. The van der Waals surface area contributed by atoms with Crippen LogP contribution in [0.1, 0.15) is 23.6 Å². The minimum atomic E-state index is -0.968. The van der Waals surface area contributed by atoms with Gasteiger partial charge in [-0.1, -0.05) is 35.9 Å². The molecule has 0 radical (unpaired) electrons. The van der Waals surface area contributed by atoms with Crippen molar-refractivity contribution in [1.82, 2.24) is 4.90 Å². The van der Waals surface area contributed by atoms with Crippen molar-refractivity contribution in [2.45, 2.75) is 18.9 Å². The molecule has 1 atom stereocenters. The molecular weight excluding hydrogens is 384 g/mol. The van der Waals surface area contributed by atoms with E-state index in [0.29, 0.717) is 35.2 Å². The monoisotopic (exact) mass is 404 g/mol. The van der Waals surface area contributed by atoms with Crippen molar-refractivity contribution in [3.8, 4) is 11.5 Å². The van der Waals surface area contributed by atoms with Crippen LogP contribution in [-0.2, 0) is 11.2 Å². The standard InChI is InChI=1S/C20H21ClN2O5/c1-27-17-11-18(28-2)15(9-14(17)21)22-20(26)23-8-7-12-5-3-4-6-13(12)16(23)10-19(24)25/h3-6,9,11,16H,7-8,10H2,1-2H3,(H,22,26)(H,24,25). The zero-order valence-electron chi connectivity index (χ0n) is 15.6. The fourth-order valence-electron chi connectivity index (χ4n) is 3.42. The molecule has 8 heteroatoms. The molecule has 1 heterocycles. The molecule has 2 N–H and O–H groups in total. The molecule has 1 unspecified atom stereocenters. The van der Waals surface area contributed by atoms with E-state index in [-0.39, 0.29) is 6.42 Å². The third-order valence-corrected chi connectivity index (χ3v) is 5.05. The third-order valence-electron chi connectivity index (χ3n) is 4.76. The van der Waals surface area contributed by atoms with Gasteiger partial charge in [0.1, 0.15) is 11.5 Å². The Bertz CT molecular complexity index is 902. The van der Waals surface area contributed by atoms with E-state index in [1.807, 2.05) is 24.3 Å². The molecule has 0 aromatic heterocycles. The average Bonchev–Trinajstić information content (AvgIpc) is 2.68. The summed E-state index contributed by atoms with van der Waals surface area (Å²) in [7, 11) is 2.96. The van der Waals surface area contributed by atoms with Crippen molar-refractivity contribution in [3.05, 3.63) is 52.5 Å². The Morgan fingerprint density at radius 3 is 2.61 bits per heavy atom. The van der Waals surface area contributed by atoms with Gasteiger partial charge in [-0.05, 0) is 23.6 Å². The number of benzene rings is 2. The van der Waals surface area contributed by atoms with Gasteiger partial charge in [0.05, 0.1) is 37.4 Å². The molecule has 2 aromatic rings. The second-order valence-corrected chi connectivity index (χ2v) is 6.78. The summed E-state index contributed by atoms with van der Waals surface area (Å²) in [4.78, 5) is 25.9. The first-order chi connectivity index (χ1) is 13.4. The van der Waals surface area contributed by atoms with Crippen LogP contribution in [0.15, 0.2) is 36.4 Å². The number of nitrogens with zero attached hydrogens (tertiary/aromatic N) is 1. The quantitative estimate of drug-likeness (QED) is 0.787. The lowest BCUT2D eigenvalue weighted by Crippen LogP contribution is -2.43. The lowest BCUT2D eigenvalue weighted by molar-refractivity contribution is -0.138. The van der Waals surface area contributed by atoms with Crippen LogP contribution in [0.3, 0.4) is 0 Å². The normalized spacial score (nSPS) is 15.5. The molecule has 0 bridgehead atoms. The van der Waals surface area contributed by atoms with Gasteiger partial charge in [0.15, 0.2) is 0 Å². The van der Waals surface area contributed by atoms with E-state index >= 15 is 0 Å². The topological polar surface area (TPSA) is 88.1 Å².